The van der Waals surface area contributed by atoms with Gasteiger partial charge in [-0.25, -0.2) is 0 Å². The minimum Gasteiger partial charge on any atom is -0.387 e. The molecule has 1 fully saturated rings. The molecule has 2 unspecified atom stereocenters. The molecule has 1 spiro atoms. The maximum atomic E-state index is 10.3. The molecule has 1 saturated carbocycles. The molecule has 1 aromatic carbocycles. The fourth-order valence-corrected chi connectivity index (χ4v) is 4.53. The zero-order valence-electron chi connectivity index (χ0n) is 9.32. The molecule has 2 aliphatic carbocycles. The van der Waals surface area contributed by atoms with Crippen molar-refractivity contribution in [1.29, 1.82) is 0 Å². The summed E-state index contributed by atoms with van der Waals surface area (Å²) < 4.78 is 0. The van der Waals surface area contributed by atoms with Crippen molar-refractivity contribution in [1.82, 2.24) is 0 Å². The number of aliphatic hydroxyl groups excluding tert-OH is 1. The van der Waals surface area contributed by atoms with Crippen molar-refractivity contribution in [2.45, 2.75) is 48.5 Å². The van der Waals surface area contributed by atoms with Crippen molar-refractivity contribution >= 4 is 15.9 Å². The summed E-state index contributed by atoms with van der Waals surface area (Å²) in [6.45, 7) is 0. The molecule has 0 aromatic heterocycles. The van der Waals surface area contributed by atoms with Crippen LogP contribution >= 0.6 is 15.9 Å². The van der Waals surface area contributed by atoms with E-state index in [2.05, 4.69) is 34.1 Å². The molecule has 2 aliphatic rings. The Labute approximate surface area is 105 Å². The van der Waals surface area contributed by atoms with Crippen molar-refractivity contribution in [2.24, 2.45) is 0 Å². The average Bonchev–Trinajstić information content (AvgIpc) is 2.55. The minimum absolute atomic E-state index is 0.203. The third-order valence-corrected chi connectivity index (χ3v) is 5.74. The van der Waals surface area contributed by atoms with Crippen LogP contribution in [0.3, 0.4) is 0 Å². The number of fused-ring (bicyclic) bond motifs is 2. The molecule has 0 aliphatic heterocycles. The number of aliphatic hydroxyl groups is 1. The van der Waals surface area contributed by atoms with E-state index in [1.807, 2.05) is 6.07 Å². The van der Waals surface area contributed by atoms with Gasteiger partial charge in [0.05, 0.1) is 10.9 Å². The highest BCUT2D eigenvalue weighted by atomic mass is 79.9. The smallest absolute Gasteiger partial charge is 0.0926 e. The third-order valence-electron chi connectivity index (χ3n) is 4.37. The van der Waals surface area contributed by atoms with Gasteiger partial charge in [-0.3, -0.25) is 0 Å². The summed E-state index contributed by atoms with van der Waals surface area (Å²) in [4.78, 5) is 0.206. The second-order valence-electron chi connectivity index (χ2n) is 5.15. The Kier molecular flexibility index (Phi) is 2.60. The van der Waals surface area contributed by atoms with Crippen LogP contribution in [-0.4, -0.2) is 9.93 Å². The largest absolute Gasteiger partial charge is 0.387 e. The fourth-order valence-electron chi connectivity index (χ4n) is 3.54. The molecule has 2 atom stereocenters. The van der Waals surface area contributed by atoms with Crippen LogP contribution in [0.2, 0.25) is 0 Å². The molecule has 16 heavy (non-hydrogen) atoms. The highest BCUT2D eigenvalue weighted by Crippen LogP contribution is 2.55. The highest BCUT2D eigenvalue weighted by Gasteiger charge is 2.50. The van der Waals surface area contributed by atoms with Crippen LogP contribution in [0.25, 0.3) is 0 Å². The zero-order chi connectivity index (χ0) is 11.2. The fraction of sp³-hybridized carbons (Fsp3) is 0.571. The van der Waals surface area contributed by atoms with Gasteiger partial charge in [0.15, 0.2) is 0 Å². The molecule has 86 valence electrons. The van der Waals surface area contributed by atoms with Crippen molar-refractivity contribution in [3.8, 4) is 0 Å². The molecule has 3 rings (SSSR count). The van der Waals surface area contributed by atoms with Crippen molar-refractivity contribution < 1.29 is 5.11 Å². The van der Waals surface area contributed by atoms with Gasteiger partial charge < -0.3 is 5.11 Å². The van der Waals surface area contributed by atoms with Gasteiger partial charge in [-0.15, -0.1) is 0 Å². The van der Waals surface area contributed by atoms with Crippen molar-refractivity contribution in [3.05, 3.63) is 35.4 Å². The lowest BCUT2D eigenvalue weighted by atomic mass is 9.70. The molecule has 1 N–H and O–H groups in total. The summed E-state index contributed by atoms with van der Waals surface area (Å²) in [5.74, 6) is 0. The van der Waals surface area contributed by atoms with Crippen LogP contribution in [0.15, 0.2) is 24.3 Å². The maximum absolute atomic E-state index is 10.3. The van der Waals surface area contributed by atoms with E-state index in [4.69, 9.17) is 0 Å². The van der Waals surface area contributed by atoms with Crippen molar-refractivity contribution in [3.63, 3.8) is 0 Å². The Hall–Kier alpha value is -0.340. The minimum atomic E-state index is -0.325. The quantitative estimate of drug-likeness (QED) is 0.719. The van der Waals surface area contributed by atoms with E-state index in [-0.39, 0.29) is 16.3 Å². The van der Waals surface area contributed by atoms with E-state index < -0.39 is 0 Å². The molecule has 1 aromatic rings. The Balaban J connectivity index is 2.12. The van der Waals surface area contributed by atoms with Gasteiger partial charge in [-0.2, -0.15) is 0 Å². The normalized spacial score (nSPS) is 31.6. The number of alkyl halides is 1. The topological polar surface area (TPSA) is 20.2 Å². The SMILES string of the molecule is OC1c2ccccc2C2(CCCCC2)C1Br. The molecular formula is C14H17BrO. The summed E-state index contributed by atoms with van der Waals surface area (Å²) in [6.07, 6.45) is 6.05. The molecule has 0 radical (unpaired) electrons. The number of benzene rings is 1. The summed E-state index contributed by atoms with van der Waals surface area (Å²) in [7, 11) is 0. The summed E-state index contributed by atoms with van der Waals surface area (Å²) in [5, 5.41) is 10.3. The van der Waals surface area contributed by atoms with E-state index in [1.165, 1.54) is 37.7 Å². The first-order valence-corrected chi connectivity index (χ1v) is 7.09. The maximum Gasteiger partial charge on any atom is 0.0926 e. The second kappa shape index (κ2) is 3.85. The number of hydrogen-bond donors (Lipinski definition) is 1. The first kappa shape index (κ1) is 10.8. The number of rotatable bonds is 0. The Morgan fingerprint density at radius 2 is 1.81 bits per heavy atom. The van der Waals surface area contributed by atoms with E-state index in [1.54, 1.807) is 0 Å². The van der Waals surface area contributed by atoms with Crippen LogP contribution in [0.1, 0.15) is 49.3 Å². The molecule has 0 saturated heterocycles. The molecule has 2 heteroatoms. The summed E-state index contributed by atoms with van der Waals surface area (Å²) in [5.41, 5.74) is 2.74. The Morgan fingerprint density at radius 3 is 2.56 bits per heavy atom. The van der Waals surface area contributed by atoms with Crippen LogP contribution in [0.4, 0.5) is 0 Å². The average molecular weight is 281 g/mol. The molecule has 0 amide bonds. The summed E-state index contributed by atoms with van der Waals surface area (Å²) >= 11 is 3.75. The number of halogens is 1. The lowest BCUT2D eigenvalue weighted by Crippen LogP contribution is -2.35. The molecule has 1 nitrogen and oxygen atoms in total. The molecule has 0 bridgehead atoms. The van der Waals surface area contributed by atoms with Gasteiger partial charge >= 0.3 is 0 Å². The first-order chi connectivity index (χ1) is 7.76. The predicted molar refractivity (Wildman–Crippen MR) is 68.9 cm³/mol. The predicted octanol–water partition coefficient (Wildman–Crippen LogP) is 3.70. The van der Waals surface area contributed by atoms with Gasteiger partial charge in [0, 0.05) is 5.41 Å². The standard InChI is InChI=1S/C14H17BrO/c15-13-12(16)10-6-2-3-7-11(10)14(13)8-4-1-5-9-14/h2-3,6-7,12-13,16H,1,4-5,8-9H2. The molecule has 0 heterocycles. The van der Waals surface area contributed by atoms with Gasteiger partial charge in [-0.1, -0.05) is 59.5 Å². The van der Waals surface area contributed by atoms with Crippen LogP contribution in [-0.2, 0) is 5.41 Å². The zero-order valence-corrected chi connectivity index (χ0v) is 10.9. The lowest BCUT2D eigenvalue weighted by molar-refractivity contribution is 0.151. The highest BCUT2D eigenvalue weighted by molar-refractivity contribution is 9.09. The van der Waals surface area contributed by atoms with E-state index in [9.17, 15) is 5.11 Å². The third kappa shape index (κ3) is 1.32. The monoisotopic (exact) mass is 280 g/mol. The van der Waals surface area contributed by atoms with Gasteiger partial charge in [0.1, 0.15) is 0 Å². The van der Waals surface area contributed by atoms with Crippen LogP contribution in [0, 0.1) is 0 Å². The Bertz CT molecular complexity index is 395. The van der Waals surface area contributed by atoms with E-state index in [0.29, 0.717) is 0 Å². The van der Waals surface area contributed by atoms with Crippen LogP contribution < -0.4 is 0 Å². The van der Waals surface area contributed by atoms with Gasteiger partial charge in [0.25, 0.3) is 0 Å². The van der Waals surface area contributed by atoms with Gasteiger partial charge in [-0.05, 0) is 24.0 Å². The summed E-state index contributed by atoms with van der Waals surface area (Å²) in [6, 6.07) is 8.43. The van der Waals surface area contributed by atoms with Crippen molar-refractivity contribution in [2.75, 3.05) is 0 Å². The van der Waals surface area contributed by atoms with E-state index >= 15 is 0 Å². The number of hydrogen-bond acceptors (Lipinski definition) is 1. The van der Waals surface area contributed by atoms with Gasteiger partial charge in [0.2, 0.25) is 0 Å². The van der Waals surface area contributed by atoms with E-state index in [0.717, 1.165) is 5.56 Å². The second-order valence-corrected chi connectivity index (χ2v) is 6.14. The first-order valence-electron chi connectivity index (χ1n) is 6.17. The Morgan fingerprint density at radius 1 is 1.12 bits per heavy atom. The molecular weight excluding hydrogens is 264 g/mol. The lowest BCUT2D eigenvalue weighted by Gasteiger charge is -2.38. The van der Waals surface area contributed by atoms with Crippen LogP contribution in [0.5, 0.6) is 0 Å².